The average Bonchev–Trinajstić information content (AvgIpc) is 2.71. The number of anilines is 1. The monoisotopic (exact) mass is 392 g/mol. The van der Waals surface area contributed by atoms with Crippen LogP contribution in [0.15, 0.2) is 41.4 Å². The maximum atomic E-state index is 5.61. The minimum absolute atomic E-state index is 0.787. The van der Waals surface area contributed by atoms with Crippen molar-refractivity contribution in [1.29, 1.82) is 0 Å². The Balaban J connectivity index is 1.77. The van der Waals surface area contributed by atoms with E-state index in [0.717, 1.165) is 51.4 Å². The fourth-order valence-corrected chi connectivity index (χ4v) is 4.18. The van der Waals surface area contributed by atoms with E-state index in [0.29, 0.717) is 0 Å². The van der Waals surface area contributed by atoms with Gasteiger partial charge in [0.15, 0.2) is 5.96 Å². The molecule has 0 saturated heterocycles. The second-order valence-corrected chi connectivity index (χ2v) is 8.25. The van der Waals surface area contributed by atoms with Gasteiger partial charge < -0.3 is 16.0 Å². The number of nitrogens with one attached hydrogen (secondary N) is 1. The van der Waals surface area contributed by atoms with Crippen LogP contribution in [-0.4, -0.2) is 30.5 Å². The van der Waals surface area contributed by atoms with Crippen molar-refractivity contribution in [1.82, 2.24) is 4.90 Å². The van der Waals surface area contributed by atoms with Gasteiger partial charge in [-0.1, -0.05) is 54.8 Å². The number of hydrogen-bond donors (Lipinski definition) is 2. The highest BCUT2D eigenvalue weighted by Gasteiger charge is 2.20. The third-order valence-corrected chi connectivity index (χ3v) is 5.72. The highest BCUT2D eigenvalue weighted by atomic mass is 15.3. The van der Waals surface area contributed by atoms with Crippen LogP contribution in [-0.2, 0) is 13.0 Å². The van der Waals surface area contributed by atoms with Crippen LogP contribution in [0.25, 0.3) is 0 Å². The Hall–Kier alpha value is -2.33. The molecule has 0 fully saturated rings. The van der Waals surface area contributed by atoms with E-state index in [-0.39, 0.29) is 0 Å². The molecule has 1 aliphatic heterocycles. The van der Waals surface area contributed by atoms with Crippen molar-refractivity contribution < 1.29 is 0 Å². The first-order valence-corrected chi connectivity index (χ1v) is 11.0. The summed E-state index contributed by atoms with van der Waals surface area (Å²) in [5.41, 5.74) is 13.5. The molecule has 3 rings (SSSR count). The van der Waals surface area contributed by atoms with E-state index in [1.165, 1.54) is 46.3 Å². The van der Waals surface area contributed by atoms with Crippen LogP contribution in [0.5, 0.6) is 0 Å². The number of benzene rings is 2. The Morgan fingerprint density at radius 3 is 2.41 bits per heavy atom. The molecule has 1 heterocycles. The Morgan fingerprint density at radius 2 is 1.69 bits per heavy atom. The van der Waals surface area contributed by atoms with Gasteiger partial charge in [0, 0.05) is 25.3 Å². The zero-order valence-electron chi connectivity index (χ0n) is 18.3. The summed E-state index contributed by atoms with van der Waals surface area (Å²) in [7, 11) is 0. The van der Waals surface area contributed by atoms with Crippen LogP contribution >= 0.6 is 0 Å². The largest absolute Gasteiger partial charge is 0.338 e. The van der Waals surface area contributed by atoms with Gasteiger partial charge in [0.1, 0.15) is 0 Å². The summed E-state index contributed by atoms with van der Waals surface area (Å²) >= 11 is 0. The Labute approximate surface area is 176 Å². The molecule has 0 aliphatic carbocycles. The van der Waals surface area contributed by atoms with Crippen LogP contribution < -0.4 is 11.1 Å². The standard InChI is InChI=1S/C25H36N4/c1-19-16-20(2)24(21(3)17-19)28-25(27-14-9-5-4-8-13-26)29-15-12-22-10-6-7-11-23(22)18-29/h6-7,10-11,16-17H,4-5,8-9,12-15,18,26H2,1-3H3,(H,27,28). The predicted octanol–water partition coefficient (Wildman–Crippen LogP) is 4.96. The summed E-state index contributed by atoms with van der Waals surface area (Å²) in [6.45, 7) is 10.1. The van der Waals surface area contributed by atoms with Crippen molar-refractivity contribution in [2.75, 3.05) is 25.0 Å². The van der Waals surface area contributed by atoms with Gasteiger partial charge in [-0.3, -0.25) is 4.99 Å². The highest BCUT2D eigenvalue weighted by Crippen LogP contribution is 2.24. The molecule has 0 saturated carbocycles. The Bertz CT molecular complexity index is 817. The molecular formula is C25H36N4. The van der Waals surface area contributed by atoms with Gasteiger partial charge in [-0.2, -0.15) is 0 Å². The first kappa shape index (κ1) is 21.4. The van der Waals surface area contributed by atoms with Crippen LogP contribution in [0.1, 0.15) is 53.5 Å². The SMILES string of the molecule is Cc1cc(C)c(NC(=NCCCCCCN)N2CCc3ccccc3C2)c(C)c1. The van der Waals surface area contributed by atoms with Crippen molar-refractivity contribution in [3.63, 3.8) is 0 Å². The number of unbranched alkanes of at least 4 members (excludes halogenated alkanes) is 3. The molecule has 29 heavy (non-hydrogen) atoms. The van der Waals surface area contributed by atoms with Gasteiger partial charge in [-0.05, 0) is 68.8 Å². The summed E-state index contributed by atoms with van der Waals surface area (Å²) < 4.78 is 0. The quantitative estimate of drug-likeness (QED) is 0.398. The number of hydrogen-bond acceptors (Lipinski definition) is 2. The van der Waals surface area contributed by atoms with Gasteiger partial charge in [-0.25, -0.2) is 0 Å². The van der Waals surface area contributed by atoms with Gasteiger partial charge in [0.25, 0.3) is 0 Å². The first-order chi connectivity index (χ1) is 14.1. The number of nitrogens with two attached hydrogens (primary N) is 1. The fourth-order valence-electron chi connectivity index (χ4n) is 4.18. The lowest BCUT2D eigenvalue weighted by Crippen LogP contribution is -2.40. The molecule has 4 heteroatoms. The number of aryl methyl sites for hydroxylation is 3. The topological polar surface area (TPSA) is 53.6 Å². The zero-order valence-corrected chi connectivity index (χ0v) is 18.3. The molecule has 1 aliphatic rings. The molecular weight excluding hydrogens is 356 g/mol. The van der Waals surface area contributed by atoms with Crippen LogP contribution in [0, 0.1) is 20.8 Å². The van der Waals surface area contributed by atoms with E-state index in [1.54, 1.807) is 0 Å². The van der Waals surface area contributed by atoms with Crippen LogP contribution in [0.4, 0.5) is 5.69 Å². The molecule has 0 unspecified atom stereocenters. The second-order valence-electron chi connectivity index (χ2n) is 8.25. The minimum atomic E-state index is 0.787. The van der Waals surface area contributed by atoms with E-state index >= 15 is 0 Å². The number of nitrogens with zero attached hydrogens (tertiary/aromatic N) is 2. The molecule has 0 atom stereocenters. The molecule has 0 bridgehead atoms. The number of fused-ring (bicyclic) bond motifs is 1. The fraction of sp³-hybridized carbons (Fsp3) is 0.480. The van der Waals surface area contributed by atoms with Crippen molar-refractivity contribution in [3.8, 4) is 0 Å². The minimum Gasteiger partial charge on any atom is -0.338 e. The maximum Gasteiger partial charge on any atom is 0.198 e. The summed E-state index contributed by atoms with van der Waals surface area (Å²) in [5.74, 6) is 1.01. The predicted molar refractivity (Wildman–Crippen MR) is 125 cm³/mol. The van der Waals surface area contributed by atoms with Crippen LogP contribution in [0.3, 0.4) is 0 Å². The highest BCUT2D eigenvalue weighted by molar-refractivity contribution is 5.95. The molecule has 2 aromatic carbocycles. The van der Waals surface area contributed by atoms with E-state index in [9.17, 15) is 0 Å². The van der Waals surface area contributed by atoms with E-state index < -0.39 is 0 Å². The normalized spacial score (nSPS) is 14.1. The van der Waals surface area contributed by atoms with Crippen molar-refractivity contribution in [3.05, 3.63) is 64.2 Å². The lowest BCUT2D eigenvalue weighted by Gasteiger charge is -2.32. The molecule has 0 radical (unpaired) electrons. The van der Waals surface area contributed by atoms with Gasteiger partial charge in [-0.15, -0.1) is 0 Å². The molecule has 4 nitrogen and oxygen atoms in total. The molecule has 3 N–H and O–H groups in total. The van der Waals surface area contributed by atoms with E-state index in [4.69, 9.17) is 10.7 Å². The molecule has 0 amide bonds. The van der Waals surface area contributed by atoms with Gasteiger partial charge in [0.05, 0.1) is 0 Å². The summed E-state index contributed by atoms with van der Waals surface area (Å²) in [5, 5.41) is 3.70. The number of guanidine groups is 1. The van der Waals surface area contributed by atoms with Crippen molar-refractivity contribution in [2.24, 2.45) is 10.7 Å². The molecule has 0 aromatic heterocycles. The van der Waals surface area contributed by atoms with Crippen molar-refractivity contribution >= 4 is 11.6 Å². The number of aliphatic imine (C=N–C) groups is 1. The lowest BCUT2D eigenvalue weighted by molar-refractivity contribution is 0.391. The summed E-state index contributed by atoms with van der Waals surface area (Å²) in [4.78, 5) is 7.42. The summed E-state index contributed by atoms with van der Waals surface area (Å²) in [6.07, 6.45) is 5.68. The summed E-state index contributed by atoms with van der Waals surface area (Å²) in [6, 6.07) is 13.3. The Morgan fingerprint density at radius 1 is 1.00 bits per heavy atom. The molecule has 0 spiro atoms. The average molecular weight is 393 g/mol. The molecule has 2 aromatic rings. The molecule has 156 valence electrons. The smallest absolute Gasteiger partial charge is 0.198 e. The maximum absolute atomic E-state index is 5.61. The van der Waals surface area contributed by atoms with Gasteiger partial charge in [0.2, 0.25) is 0 Å². The van der Waals surface area contributed by atoms with Crippen LogP contribution in [0.2, 0.25) is 0 Å². The zero-order chi connectivity index (χ0) is 20.6. The second kappa shape index (κ2) is 10.4. The van der Waals surface area contributed by atoms with E-state index in [1.807, 2.05) is 0 Å². The van der Waals surface area contributed by atoms with Gasteiger partial charge >= 0.3 is 0 Å². The third-order valence-electron chi connectivity index (χ3n) is 5.72. The number of rotatable bonds is 7. The lowest BCUT2D eigenvalue weighted by atomic mass is 10.00. The third kappa shape index (κ3) is 5.83. The Kier molecular flexibility index (Phi) is 7.70. The first-order valence-electron chi connectivity index (χ1n) is 11.0. The van der Waals surface area contributed by atoms with E-state index in [2.05, 4.69) is 67.4 Å². The van der Waals surface area contributed by atoms with Crippen molar-refractivity contribution in [2.45, 2.75) is 59.4 Å².